The Morgan fingerprint density at radius 2 is 2.13 bits per heavy atom. The molecule has 2 rings (SSSR count). The van der Waals surface area contributed by atoms with Gasteiger partial charge in [-0.15, -0.1) is 0 Å². The smallest absolute Gasteiger partial charge is 0.233 e. The van der Waals surface area contributed by atoms with Crippen LogP contribution in [0.15, 0.2) is 12.2 Å². The molecule has 1 atom stereocenters. The number of carbonyl (C=O) groups excluding carboxylic acids is 1. The molecule has 1 amide bonds. The van der Waals surface area contributed by atoms with Crippen LogP contribution in [-0.2, 0) is 4.79 Å². The monoisotopic (exact) mass is 208 g/mol. The average Bonchev–Trinajstić information content (AvgIpc) is 3.09. The van der Waals surface area contributed by atoms with Crippen molar-refractivity contribution in [1.29, 1.82) is 0 Å². The van der Waals surface area contributed by atoms with Crippen molar-refractivity contribution < 1.29 is 4.79 Å². The predicted molar refractivity (Wildman–Crippen MR) is 60.5 cm³/mol. The third-order valence-electron chi connectivity index (χ3n) is 3.11. The average molecular weight is 208 g/mol. The molecule has 15 heavy (non-hydrogen) atoms. The number of allylic oxidation sites excluding steroid dienone is 1. The second-order valence-electron chi connectivity index (χ2n) is 4.61. The van der Waals surface area contributed by atoms with E-state index >= 15 is 0 Å². The lowest BCUT2D eigenvalue weighted by Gasteiger charge is -2.18. The summed E-state index contributed by atoms with van der Waals surface area (Å²) in [6.45, 7) is 1.36. The largest absolute Gasteiger partial charge is 0.355 e. The lowest BCUT2D eigenvalue weighted by molar-refractivity contribution is -0.120. The first-order valence-corrected chi connectivity index (χ1v) is 5.99. The Labute approximate surface area is 91.3 Å². The van der Waals surface area contributed by atoms with Gasteiger partial charge in [0.15, 0.2) is 0 Å². The number of carbonyl (C=O) groups is 1. The highest BCUT2D eigenvalue weighted by atomic mass is 16.1. The Morgan fingerprint density at radius 3 is 2.80 bits per heavy atom. The highest BCUT2D eigenvalue weighted by Gasteiger charge is 2.21. The Bertz CT molecular complexity index is 246. The van der Waals surface area contributed by atoms with E-state index in [1.54, 1.807) is 0 Å². The van der Waals surface area contributed by atoms with Gasteiger partial charge in [0.05, 0.1) is 6.54 Å². The van der Waals surface area contributed by atoms with Gasteiger partial charge in [0, 0.05) is 12.6 Å². The molecule has 0 saturated heterocycles. The molecule has 84 valence electrons. The lowest BCUT2D eigenvalue weighted by Crippen LogP contribution is -2.40. The predicted octanol–water partition coefficient (Wildman–Crippen LogP) is 1.21. The lowest BCUT2D eigenvalue weighted by atomic mass is 10.0. The molecule has 2 N–H and O–H groups in total. The summed E-state index contributed by atoms with van der Waals surface area (Å²) in [4.78, 5) is 11.4. The first-order chi connectivity index (χ1) is 7.34. The van der Waals surface area contributed by atoms with E-state index in [9.17, 15) is 4.79 Å². The molecule has 2 aliphatic rings. The molecule has 0 radical (unpaired) electrons. The molecule has 0 aromatic heterocycles. The van der Waals surface area contributed by atoms with Gasteiger partial charge in [0.2, 0.25) is 5.91 Å². The minimum absolute atomic E-state index is 0.149. The second kappa shape index (κ2) is 5.31. The number of amides is 1. The van der Waals surface area contributed by atoms with Crippen molar-refractivity contribution in [3.8, 4) is 0 Å². The Morgan fingerprint density at radius 1 is 1.27 bits per heavy atom. The third kappa shape index (κ3) is 4.04. The molecule has 0 spiro atoms. The van der Waals surface area contributed by atoms with Crippen LogP contribution >= 0.6 is 0 Å². The van der Waals surface area contributed by atoms with E-state index < -0.39 is 0 Å². The summed E-state index contributed by atoms with van der Waals surface area (Å²) in [6.07, 6.45) is 10.4. The minimum atomic E-state index is 0.149. The van der Waals surface area contributed by atoms with E-state index in [4.69, 9.17) is 0 Å². The van der Waals surface area contributed by atoms with E-state index in [0.717, 1.165) is 31.7 Å². The molecule has 0 bridgehead atoms. The van der Waals surface area contributed by atoms with Crippen molar-refractivity contribution in [2.45, 2.75) is 38.1 Å². The van der Waals surface area contributed by atoms with E-state index in [1.807, 2.05) is 0 Å². The molecule has 2 aliphatic carbocycles. The van der Waals surface area contributed by atoms with Crippen LogP contribution < -0.4 is 10.6 Å². The first kappa shape index (κ1) is 10.7. The fourth-order valence-corrected chi connectivity index (χ4v) is 1.86. The van der Waals surface area contributed by atoms with Gasteiger partial charge in [-0.25, -0.2) is 0 Å². The van der Waals surface area contributed by atoms with Crippen molar-refractivity contribution in [1.82, 2.24) is 10.6 Å². The SMILES string of the molecule is O=C(CNC1CC=CCC1)NCC1CC1. The Kier molecular flexibility index (Phi) is 3.78. The number of rotatable bonds is 5. The molecule has 3 heteroatoms. The van der Waals surface area contributed by atoms with E-state index in [0.29, 0.717) is 12.6 Å². The van der Waals surface area contributed by atoms with Crippen LogP contribution in [0.4, 0.5) is 0 Å². The fraction of sp³-hybridized carbons (Fsp3) is 0.750. The molecule has 0 aromatic carbocycles. The third-order valence-corrected chi connectivity index (χ3v) is 3.11. The quantitative estimate of drug-likeness (QED) is 0.667. The molecular weight excluding hydrogens is 188 g/mol. The normalized spacial score (nSPS) is 25.2. The summed E-state index contributed by atoms with van der Waals surface area (Å²) < 4.78 is 0. The van der Waals surface area contributed by atoms with Gasteiger partial charge >= 0.3 is 0 Å². The molecule has 3 nitrogen and oxygen atoms in total. The number of hydrogen-bond donors (Lipinski definition) is 2. The zero-order valence-corrected chi connectivity index (χ0v) is 9.17. The summed E-state index contributed by atoms with van der Waals surface area (Å²) in [5, 5.41) is 6.27. The summed E-state index contributed by atoms with van der Waals surface area (Å²) >= 11 is 0. The molecule has 0 aromatic rings. The van der Waals surface area contributed by atoms with Crippen molar-refractivity contribution in [2.75, 3.05) is 13.1 Å². The van der Waals surface area contributed by atoms with Gasteiger partial charge in [-0.3, -0.25) is 4.79 Å². The zero-order valence-electron chi connectivity index (χ0n) is 9.17. The van der Waals surface area contributed by atoms with Gasteiger partial charge in [-0.2, -0.15) is 0 Å². The fourth-order valence-electron chi connectivity index (χ4n) is 1.86. The zero-order chi connectivity index (χ0) is 10.5. The van der Waals surface area contributed by atoms with Crippen molar-refractivity contribution >= 4 is 5.91 Å². The molecule has 1 fully saturated rings. The number of nitrogens with one attached hydrogen (secondary N) is 2. The summed E-state index contributed by atoms with van der Waals surface area (Å²) in [7, 11) is 0. The van der Waals surface area contributed by atoms with Crippen LogP contribution in [0.25, 0.3) is 0 Å². The van der Waals surface area contributed by atoms with Gasteiger partial charge < -0.3 is 10.6 Å². The van der Waals surface area contributed by atoms with Crippen LogP contribution in [0.5, 0.6) is 0 Å². The van der Waals surface area contributed by atoms with E-state index in [2.05, 4.69) is 22.8 Å². The maximum absolute atomic E-state index is 11.4. The molecule has 0 heterocycles. The summed E-state index contributed by atoms with van der Waals surface area (Å²) in [6, 6.07) is 0.502. The van der Waals surface area contributed by atoms with E-state index in [-0.39, 0.29) is 5.91 Å². The molecular formula is C12H20N2O. The van der Waals surface area contributed by atoms with Crippen LogP contribution in [0.1, 0.15) is 32.1 Å². The van der Waals surface area contributed by atoms with Crippen LogP contribution in [-0.4, -0.2) is 25.0 Å². The van der Waals surface area contributed by atoms with Crippen molar-refractivity contribution in [3.05, 3.63) is 12.2 Å². The van der Waals surface area contributed by atoms with Gasteiger partial charge in [0.25, 0.3) is 0 Å². The summed E-state index contributed by atoms with van der Waals surface area (Å²) in [5.74, 6) is 0.919. The number of hydrogen-bond acceptors (Lipinski definition) is 2. The van der Waals surface area contributed by atoms with Gasteiger partial charge in [-0.05, 0) is 38.0 Å². The highest BCUT2D eigenvalue weighted by molar-refractivity contribution is 5.78. The standard InChI is InChI=1S/C12H20N2O/c15-12(14-8-10-6-7-10)9-13-11-4-2-1-3-5-11/h1-2,10-11,13H,3-9H2,(H,14,15). The van der Waals surface area contributed by atoms with Crippen molar-refractivity contribution in [2.24, 2.45) is 5.92 Å². The minimum Gasteiger partial charge on any atom is -0.355 e. The van der Waals surface area contributed by atoms with Crippen LogP contribution in [0, 0.1) is 5.92 Å². The maximum atomic E-state index is 11.4. The van der Waals surface area contributed by atoms with E-state index in [1.165, 1.54) is 12.8 Å². The van der Waals surface area contributed by atoms with Gasteiger partial charge in [-0.1, -0.05) is 12.2 Å². The summed E-state index contributed by atoms with van der Waals surface area (Å²) in [5.41, 5.74) is 0. The Hall–Kier alpha value is -0.830. The topological polar surface area (TPSA) is 41.1 Å². The maximum Gasteiger partial charge on any atom is 0.233 e. The second-order valence-corrected chi connectivity index (χ2v) is 4.61. The molecule has 1 unspecified atom stereocenters. The van der Waals surface area contributed by atoms with Crippen molar-refractivity contribution in [3.63, 3.8) is 0 Å². The highest BCUT2D eigenvalue weighted by Crippen LogP contribution is 2.27. The molecule has 1 saturated carbocycles. The van der Waals surface area contributed by atoms with Gasteiger partial charge in [0.1, 0.15) is 0 Å². The molecule has 0 aliphatic heterocycles. The van der Waals surface area contributed by atoms with Crippen LogP contribution in [0.2, 0.25) is 0 Å². The van der Waals surface area contributed by atoms with Crippen LogP contribution in [0.3, 0.4) is 0 Å². The first-order valence-electron chi connectivity index (χ1n) is 5.99. The Balaban J connectivity index is 1.55.